The van der Waals surface area contributed by atoms with Crippen LogP contribution in [0.25, 0.3) is 64.6 Å². The Morgan fingerprint density at radius 3 is 1.00 bits per heavy atom. The summed E-state index contributed by atoms with van der Waals surface area (Å²) in [6, 6.07) is 55.2. The van der Waals surface area contributed by atoms with Gasteiger partial charge in [-0.3, -0.25) is 0 Å². The summed E-state index contributed by atoms with van der Waals surface area (Å²) >= 11 is 0. The minimum atomic E-state index is -1.53. The van der Waals surface area contributed by atoms with E-state index < -0.39 is 14.2 Å². The Morgan fingerprint density at radius 1 is 0.328 bits per heavy atom. The number of hydrogen-bond acceptors (Lipinski definition) is 6. The number of unbranched alkanes of at least 4 members (excludes halogenated alkanes) is 4. The van der Waals surface area contributed by atoms with Crippen LogP contribution in [0.4, 0.5) is 11.4 Å². The average Bonchev–Trinajstić information content (AvgIpc) is 3.28. The van der Waals surface area contributed by atoms with Crippen molar-refractivity contribution in [3.05, 3.63) is 169 Å². The molecule has 0 aromatic heterocycles. The molecule has 0 atom stereocenters. The van der Waals surface area contributed by atoms with Gasteiger partial charge in [-0.15, -0.1) is 0 Å². The van der Waals surface area contributed by atoms with E-state index in [2.05, 4.69) is 119 Å². The Labute approximate surface area is 356 Å². The number of nitrogens with zero attached hydrogens (tertiary/aromatic N) is 2. The molecule has 10 aromatic carbocycles. The van der Waals surface area contributed by atoms with E-state index in [1.807, 2.05) is 36.4 Å². The van der Waals surface area contributed by atoms with Gasteiger partial charge in [-0.25, -0.2) is 0 Å². The highest BCUT2D eigenvalue weighted by atomic mass is 16.4. The van der Waals surface area contributed by atoms with Gasteiger partial charge in [-0.05, 0) is 124 Å². The van der Waals surface area contributed by atoms with Crippen LogP contribution in [0.1, 0.15) is 43.2 Å². The lowest BCUT2D eigenvalue weighted by atomic mass is 9.77. The van der Waals surface area contributed by atoms with E-state index in [0.29, 0.717) is 24.0 Å². The van der Waals surface area contributed by atoms with Crippen molar-refractivity contribution in [2.45, 2.75) is 45.2 Å². The van der Waals surface area contributed by atoms with E-state index in [1.54, 1.807) is 12.1 Å². The van der Waals surface area contributed by atoms with Crippen LogP contribution in [0.3, 0.4) is 0 Å². The number of rotatable bonds is 16. The molecule has 0 amide bonds. The van der Waals surface area contributed by atoms with E-state index in [-0.39, 0.29) is 0 Å². The highest BCUT2D eigenvalue weighted by Gasteiger charge is 2.21. The van der Waals surface area contributed by atoms with Gasteiger partial charge in [0.15, 0.2) is 0 Å². The van der Waals surface area contributed by atoms with Crippen LogP contribution in [0, 0.1) is 0 Å². The minimum Gasteiger partial charge on any atom is -0.423 e. The predicted octanol–water partition coefficient (Wildman–Crippen LogP) is 9.50. The molecule has 10 rings (SSSR count). The van der Waals surface area contributed by atoms with Gasteiger partial charge in [-0.2, -0.15) is 0 Å². The van der Waals surface area contributed by atoms with Crippen molar-refractivity contribution in [2.75, 3.05) is 22.9 Å². The molecular weight excluding hydrogens is 750 g/mol. The van der Waals surface area contributed by atoms with Crippen molar-refractivity contribution in [1.29, 1.82) is 0 Å². The maximum Gasteiger partial charge on any atom is 0.488 e. The molecule has 10 aromatic rings. The first-order valence-corrected chi connectivity index (χ1v) is 21.6. The van der Waals surface area contributed by atoms with E-state index in [4.69, 9.17) is 0 Å². The summed E-state index contributed by atoms with van der Waals surface area (Å²) in [5, 5.41) is 56.1. The van der Waals surface area contributed by atoms with E-state index in [0.717, 1.165) is 67.7 Å². The third-order valence-corrected chi connectivity index (χ3v) is 12.9. The summed E-state index contributed by atoms with van der Waals surface area (Å²) in [5.74, 6) is 0. The molecule has 0 aliphatic rings. The molecule has 0 saturated carbocycles. The summed E-state index contributed by atoms with van der Waals surface area (Å²) in [7, 11) is -3.07. The second-order valence-electron chi connectivity index (χ2n) is 16.7. The Hall–Kier alpha value is -6.15. The lowest BCUT2D eigenvalue weighted by molar-refractivity contribution is 0.424. The molecule has 4 N–H and O–H groups in total. The molecule has 0 heterocycles. The molecule has 300 valence electrons. The van der Waals surface area contributed by atoms with Crippen molar-refractivity contribution in [3.8, 4) is 0 Å². The normalized spacial score (nSPS) is 11.9. The van der Waals surface area contributed by atoms with Gasteiger partial charge in [-0.1, -0.05) is 153 Å². The molecule has 8 heteroatoms. The Kier molecular flexibility index (Phi) is 10.7. The lowest BCUT2D eigenvalue weighted by Crippen LogP contribution is -2.36. The zero-order valence-corrected chi connectivity index (χ0v) is 34.2. The Bertz CT molecular complexity index is 2800. The van der Waals surface area contributed by atoms with Crippen LogP contribution < -0.4 is 20.7 Å². The second-order valence-corrected chi connectivity index (χ2v) is 16.7. The molecule has 0 aliphatic carbocycles. The van der Waals surface area contributed by atoms with Gasteiger partial charge in [0.1, 0.15) is 0 Å². The maximum atomic E-state index is 10.3. The Balaban J connectivity index is 0.866. The second kappa shape index (κ2) is 16.7. The van der Waals surface area contributed by atoms with Crippen LogP contribution in [-0.4, -0.2) is 47.4 Å². The third-order valence-electron chi connectivity index (χ3n) is 12.9. The van der Waals surface area contributed by atoms with E-state index >= 15 is 0 Å². The van der Waals surface area contributed by atoms with Crippen molar-refractivity contribution in [1.82, 2.24) is 0 Å². The smallest absolute Gasteiger partial charge is 0.423 e. The van der Waals surface area contributed by atoms with Crippen LogP contribution in [0.2, 0.25) is 0 Å². The lowest BCUT2D eigenvalue weighted by Gasteiger charge is -2.28. The molecule has 0 spiro atoms. The summed E-state index contributed by atoms with van der Waals surface area (Å²) < 4.78 is 0. The first-order valence-electron chi connectivity index (χ1n) is 21.6. The standard InChI is InChI=1S/C53H48B2N2O4/c58-54(59)48-18-6-4-12-44(48)34-56(46-30-40-24-20-36-14-10-15-37-21-25-41(31-46)52(40)50(36)37)28-8-2-1-3-9-29-57(35-45-13-5-7-19-49(45)55(60)61)47-32-42-26-22-38-16-11-17-39-23-27-43(33-47)53(42)51(38)39/h4-7,10-27,30-33,58-61H,1-3,8-9,28-29,34-35H2. The first kappa shape index (κ1) is 39.0. The largest absolute Gasteiger partial charge is 0.488 e. The molecule has 0 fully saturated rings. The third kappa shape index (κ3) is 7.62. The molecule has 0 bridgehead atoms. The highest BCUT2D eigenvalue weighted by molar-refractivity contribution is 6.59. The predicted molar refractivity (Wildman–Crippen MR) is 258 cm³/mol. The quantitative estimate of drug-likeness (QED) is 0.0443. The fraction of sp³-hybridized carbons (Fsp3) is 0.170. The van der Waals surface area contributed by atoms with Crippen molar-refractivity contribution in [2.24, 2.45) is 0 Å². The first-order chi connectivity index (χ1) is 29.9. The average molecular weight is 799 g/mol. The summed E-state index contributed by atoms with van der Waals surface area (Å²) in [5.41, 5.74) is 5.15. The Morgan fingerprint density at radius 2 is 0.639 bits per heavy atom. The SMILES string of the molecule is OB(O)c1ccccc1CN(CCCCCCCN(Cc1ccccc1B(O)O)c1cc2ccc3cccc4ccc(c1)c2c34)c1cc2ccc3cccc4ccc(c1)c2c34. The molecule has 0 radical (unpaired) electrons. The zero-order chi connectivity index (χ0) is 41.5. The van der Waals surface area contributed by atoms with Crippen molar-refractivity contribution >= 4 is 101 Å². The van der Waals surface area contributed by atoms with Gasteiger partial charge in [0.05, 0.1) is 0 Å². The zero-order valence-electron chi connectivity index (χ0n) is 34.2. The molecule has 6 nitrogen and oxygen atoms in total. The topological polar surface area (TPSA) is 87.4 Å². The summed E-state index contributed by atoms with van der Waals surface area (Å²) in [4.78, 5) is 4.80. The molecular formula is C53H48B2N2O4. The highest BCUT2D eigenvalue weighted by Crippen LogP contribution is 2.39. The van der Waals surface area contributed by atoms with Crippen LogP contribution in [-0.2, 0) is 13.1 Å². The number of anilines is 2. The molecule has 0 saturated heterocycles. The van der Waals surface area contributed by atoms with Gasteiger partial charge < -0.3 is 29.9 Å². The van der Waals surface area contributed by atoms with Gasteiger partial charge >= 0.3 is 14.2 Å². The number of benzene rings is 10. The van der Waals surface area contributed by atoms with Crippen LogP contribution in [0.15, 0.2) is 158 Å². The minimum absolute atomic E-state index is 0.538. The van der Waals surface area contributed by atoms with Crippen LogP contribution >= 0.6 is 0 Å². The van der Waals surface area contributed by atoms with E-state index in [9.17, 15) is 20.1 Å². The van der Waals surface area contributed by atoms with Crippen molar-refractivity contribution < 1.29 is 20.1 Å². The van der Waals surface area contributed by atoms with E-state index in [1.165, 1.54) is 64.6 Å². The van der Waals surface area contributed by atoms with Crippen LogP contribution in [0.5, 0.6) is 0 Å². The summed E-state index contributed by atoms with van der Waals surface area (Å²) in [6.07, 6.45) is 5.21. The van der Waals surface area contributed by atoms with Crippen molar-refractivity contribution in [3.63, 3.8) is 0 Å². The molecule has 0 aliphatic heterocycles. The number of hydrogen-bond donors (Lipinski definition) is 4. The van der Waals surface area contributed by atoms with Gasteiger partial charge in [0.25, 0.3) is 0 Å². The van der Waals surface area contributed by atoms with Gasteiger partial charge in [0.2, 0.25) is 0 Å². The summed E-state index contributed by atoms with van der Waals surface area (Å²) in [6.45, 7) is 2.81. The molecule has 61 heavy (non-hydrogen) atoms. The van der Waals surface area contributed by atoms with Gasteiger partial charge in [0, 0.05) is 37.6 Å². The maximum absolute atomic E-state index is 10.3. The fourth-order valence-electron chi connectivity index (χ4n) is 9.85. The monoisotopic (exact) mass is 798 g/mol. The molecule has 0 unspecified atom stereocenters. The fourth-order valence-corrected chi connectivity index (χ4v) is 9.85.